The highest BCUT2D eigenvalue weighted by molar-refractivity contribution is 7.85. The van der Waals surface area contributed by atoms with Crippen molar-refractivity contribution in [2.75, 3.05) is 6.61 Å². The maximum absolute atomic E-state index is 10.7. The second-order valence-electron chi connectivity index (χ2n) is 2.30. The summed E-state index contributed by atoms with van der Waals surface area (Å²) in [7, 11) is -4.18. The quantitative estimate of drug-likeness (QED) is 0.744. The van der Waals surface area contributed by atoms with Crippen LogP contribution in [0, 0.1) is 6.07 Å². The summed E-state index contributed by atoms with van der Waals surface area (Å²) in [6, 6.07) is 6.56. The monoisotopic (exact) mass is 201 g/mol. The molecule has 0 atom stereocenters. The molecule has 0 saturated heterocycles. The molecule has 1 radical (unpaired) electrons. The number of benzene rings is 1. The molecule has 0 unspecified atom stereocenters. The zero-order valence-corrected chi connectivity index (χ0v) is 7.84. The molecule has 0 amide bonds. The largest absolute Gasteiger partial charge is 0.494 e. The van der Waals surface area contributed by atoms with Crippen LogP contribution in [0.4, 0.5) is 0 Å². The average Bonchev–Trinajstić information content (AvgIpc) is 2.04. The van der Waals surface area contributed by atoms with Crippen molar-refractivity contribution in [2.45, 2.75) is 11.8 Å². The van der Waals surface area contributed by atoms with E-state index in [0.29, 0.717) is 12.4 Å². The first-order valence-corrected chi connectivity index (χ1v) is 5.10. The Morgan fingerprint density at radius 1 is 1.62 bits per heavy atom. The molecule has 0 fully saturated rings. The van der Waals surface area contributed by atoms with Gasteiger partial charge in [-0.2, -0.15) is 8.42 Å². The molecule has 5 heteroatoms. The van der Waals surface area contributed by atoms with Gasteiger partial charge in [-0.1, -0.05) is 0 Å². The smallest absolute Gasteiger partial charge is 0.295 e. The number of hydrogen-bond acceptors (Lipinski definition) is 3. The fraction of sp³-hybridized carbons (Fsp3) is 0.250. The minimum atomic E-state index is -4.18. The maximum atomic E-state index is 10.7. The summed E-state index contributed by atoms with van der Waals surface area (Å²) in [5.41, 5.74) is 0. The molecule has 0 aliphatic carbocycles. The van der Waals surface area contributed by atoms with Crippen LogP contribution in [0.5, 0.6) is 5.75 Å². The summed E-state index contributed by atoms with van der Waals surface area (Å²) in [4.78, 5) is -0.279. The third kappa shape index (κ3) is 2.71. The van der Waals surface area contributed by atoms with E-state index in [2.05, 4.69) is 6.07 Å². The summed E-state index contributed by atoms with van der Waals surface area (Å²) in [6.07, 6.45) is 0. The first-order chi connectivity index (χ1) is 6.04. The average molecular weight is 201 g/mol. The highest BCUT2D eigenvalue weighted by Gasteiger charge is 2.09. The fourth-order valence-electron chi connectivity index (χ4n) is 0.830. The SMILES string of the molecule is CCOc1cc[c]c(S(=O)(=O)O)c1. The van der Waals surface area contributed by atoms with Crippen LogP contribution in [0.2, 0.25) is 0 Å². The summed E-state index contributed by atoms with van der Waals surface area (Å²) < 4.78 is 35.0. The lowest BCUT2D eigenvalue weighted by atomic mass is 10.3. The van der Waals surface area contributed by atoms with E-state index in [-0.39, 0.29) is 4.90 Å². The highest BCUT2D eigenvalue weighted by atomic mass is 32.2. The zero-order chi connectivity index (χ0) is 9.90. The fourth-order valence-corrected chi connectivity index (χ4v) is 1.31. The molecule has 71 valence electrons. The van der Waals surface area contributed by atoms with Crippen molar-refractivity contribution in [3.8, 4) is 5.75 Å². The van der Waals surface area contributed by atoms with Gasteiger partial charge < -0.3 is 4.74 Å². The minimum absolute atomic E-state index is 0.279. The molecule has 0 saturated carbocycles. The second kappa shape index (κ2) is 3.76. The van der Waals surface area contributed by atoms with Crippen LogP contribution in [-0.2, 0) is 10.1 Å². The third-order valence-corrected chi connectivity index (χ3v) is 2.13. The topological polar surface area (TPSA) is 63.6 Å². The van der Waals surface area contributed by atoms with Crippen molar-refractivity contribution in [1.29, 1.82) is 0 Å². The van der Waals surface area contributed by atoms with Gasteiger partial charge in [-0.3, -0.25) is 4.55 Å². The Hall–Kier alpha value is -1.07. The van der Waals surface area contributed by atoms with Crippen molar-refractivity contribution in [2.24, 2.45) is 0 Å². The normalized spacial score (nSPS) is 11.2. The molecule has 1 rings (SSSR count). The predicted octanol–water partition coefficient (Wildman–Crippen LogP) is 1.13. The molecule has 1 aromatic rings. The van der Waals surface area contributed by atoms with E-state index >= 15 is 0 Å². The van der Waals surface area contributed by atoms with E-state index < -0.39 is 10.1 Å². The van der Waals surface area contributed by atoms with Crippen molar-refractivity contribution in [1.82, 2.24) is 0 Å². The maximum Gasteiger partial charge on any atom is 0.295 e. The Kier molecular flexibility index (Phi) is 2.90. The molecular formula is C8H9O4S. The summed E-state index contributed by atoms with van der Waals surface area (Å²) in [6.45, 7) is 2.22. The van der Waals surface area contributed by atoms with E-state index in [1.807, 2.05) is 0 Å². The standard InChI is InChI=1S/C8H9O4S/c1-2-12-7-4-3-5-8(6-7)13(9,10)11/h3-4,6H,2H2,1H3,(H,9,10,11). The Morgan fingerprint density at radius 2 is 2.31 bits per heavy atom. The van der Waals surface area contributed by atoms with Gasteiger partial charge in [-0.25, -0.2) is 0 Å². The molecule has 1 aromatic carbocycles. The van der Waals surface area contributed by atoms with E-state index in [9.17, 15) is 8.42 Å². The lowest BCUT2D eigenvalue weighted by Gasteiger charge is -2.02. The first-order valence-electron chi connectivity index (χ1n) is 3.66. The van der Waals surface area contributed by atoms with Gasteiger partial charge in [0.05, 0.1) is 6.61 Å². The Labute approximate surface area is 76.9 Å². The number of rotatable bonds is 3. The molecule has 0 heterocycles. The molecule has 0 aliphatic rings. The zero-order valence-electron chi connectivity index (χ0n) is 7.02. The molecular weight excluding hydrogens is 192 g/mol. The van der Waals surface area contributed by atoms with Gasteiger partial charge in [-0.15, -0.1) is 0 Å². The molecule has 0 aromatic heterocycles. The summed E-state index contributed by atoms with van der Waals surface area (Å²) >= 11 is 0. The van der Waals surface area contributed by atoms with E-state index in [0.717, 1.165) is 0 Å². The van der Waals surface area contributed by atoms with Gasteiger partial charge in [0.1, 0.15) is 10.6 Å². The molecule has 1 N–H and O–H groups in total. The van der Waals surface area contributed by atoms with Crippen molar-refractivity contribution in [3.05, 3.63) is 24.3 Å². The molecule has 13 heavy (non-hydrogen) atoms. The number of hydrogen-bond donors (Lipinski definition) is 1. The van der Waals surface area contributed by atoms with Crippen LogP contribution >= 0.6 is 0 Å². The van der Waals surface area contributed by atoms with Gasteiger partial charge in [0.15, 0.2) is 0 Å². The summed E-state index contributed by atoms with van der Waals surface area (Å²) in [5, 5.41) is 0. The van der Waals surface area contributed by atoms with E-state index in [1.54, 1.807) is 13.0 Å². The van der Waals surface area contributed by atoms with Crippen LogP contribution in [0.1, 0.15) is 6.92 Å². The van der Waals surface area contributed by atoms with E-state index in [4.69, 9.17) is 9.29 Å². The van der Waals surface area contributed by atoms with Gasteiger partial charge in [0, 0.05) is 12.1 Å². The third-order valence-electron chi connectivity index (χ3n) is 1.34. The summed E-state index contributed by atoms with van der Waals surface area (Å²) in [5.74, 6) is 0.397. The lowest BCUT2D eigenvalue weighted by molar-refractivity contribution is 0.339. The Bertz CT molecular complexity index is 383. The van der Waals surface area contributed by atoms with Crippen molar-refractivity contribution in [3.63, 3.8) is 0 Å². The minimum Gasteiger partial charge on any atom is -0.494 e. The van der Waals surface area contributed by atoms with Crippen LogP contribution in [-0.4, -0.2) is 19.6 Å². The molecule has 0 aliphatic heterocycles. The van der Waals surface area contributed by atoms with Crippen LogP contribution < -0.4 is 4.74 Å². The predicted molar refractivity (Wildman–Crippen MR) is 46.3 cm³/mol. The van der Waals surface area contributed by atoms with Gasteiger partial charge in [0.25, 0.3) is 10.1 Å². The highest BCUT2D eigenvalue weighted by Crippen LogP contribution is 2.16. The lowest BCUT2D eigenvalue weighted by Crippen LogP contribution is -1.99. The van der Waals surface area contributed by atoms with Crippen LogP contribution in [0.3, 0.4) is 0 Å². The van der Waals surface area contributed by atoms with Crippen LogP contribution in [0.15, 0.2) is 23.1 Å². The molecule has 0 spiro atoms. The van der Waals surface area contributed by atoms with Gasteiger partial charge in [0.2, 0.25) is 0 Å². The van der Waals surface area contributed by atoms with Crippen LogP contribution in [0.25, 0.3) is 0 Å². The Balaban J connectivity index is 3.06. The number of ether oxygens (including phenoxy) is 1. The first kappa shape index (κ1) is 10.0. The molecule has 4 nitrogen and oxygen atoms in total. The van der Waals surface area contributed by atoms with Crippen molar-refractivity contribution < 1.29 is 17.7 Å². The van der Waals surface area contributed by atoms with Gasteiger partial charge in [-0.05, 0) is 19.1 Å². The van der Waals surface area contributed by atoms with E-state index in [1.165, 1.54) is 12.1 Å². The Morgan fingerprint density at radius 3 is 2.85 bits per heavy atom. The second-order valence-corrected chi connectivity index (χ2v) is 3.69. The van der Waals surface area contributed by atoms with Gasteiger partial charge >= 0.3 is 0 Å². The molecule has 0 bridgehead atoms. The van der Waals surface area contributed by atoms with Crippen molar-refractivity contribution >= 4 is 10.1 Å².